The highest BCUT2D eigenvalue weighted by Crippen LogP contribution is 2.38. The van der Waals surface area contributed by atoms with Crippen LogP contribution in [0.4, 0.5) is 11.8 Å². The lowest BCUT2D eigenvalue weighted by molar-refractivity contribution is 0.411. The number of nitrogens with one attached hydrogen (secondary N) is 2. The highest BCUT2D eigenvalue weighted by Gasteiger charge is 2.30. The molecule has 0 radical (unpaired) electrons. The van der Waals surface area contributed by atoms with Crippen LogP contribution in [-0.4, -0.2) is 34.6 Å². The number of nitrogens with zero attached hydrogens (tertiary/aromatic N) is 2. The molecule has 106 valence electrons. The van der Waals surface area contributed by atoms with Crippen LogP contribution in [0.15, 0.2) is 6.07 Å². The summed E-state index contributed by atoms with van der Waals surface area (Å²) in [5.41, 5.74) is 0.990. The van der Waals surface area contributed by atoms with E-state index in [-0.39, 0.29) is 0 Å². The first kappa shape index (κ1) is 14.4. The molecular formula is C14H24N4S. The Kier molecular flexibility index (Phi) is 4.91. The first-order valence-corrected chi connectivity index (χ1v) is 8.22. The molecule has 19 heavy (non-hydrogen) atoms. The van der Waals surface area contributed by atoms with Crippen molar-refractivity contribution in [2.24, 2.45) is 0 Å². The highest BCUT2D eigenvalue weighted by atomic mass is 32.2. The molecule has 2 rings (SSSR count). The second-order valence-corrected chi connectivity index (χ2v) is 6.54. The lowest BCUT2D eigenvalue weighted by Crippen LogP contribution is -2.35. The SMILES string of the molecule is CNc1nc(C)cc(NCC2(SC)CCCCC2)n1. The minimum atomic E-state index is 0.386. The summed E-state index contributed by atoms with van der Waals surface area (Å²) in [7, 11) is 1.85. The third-order valence-corrected chi connectivity index (χ3v) is 5.29. The Bertz CT molecular complexity index is 416. The Morgan fingerprint density at radius 3 is 2.63 bits per heavy atom. The highest BCUT2D eigenvalue weighted by molar-refractivity contribution is 8.00. The number of aromatic nitrogens is 2. The second kappa shape index (κ2) is 6.46. The number of rotatable bonds is 5. The Morgan fingerprint density at radius 1 is 1.26 bits per heavy atom. The summed E-state index contributed by atoms with van der Waals surface area (Å²) < 4.78 is 0.386. The van der Waals surface area contributed by atoms with Gasteiger partial charge in [0.05, 0.1) is 0 Å². The Hall–Kier alpha value is -0.970. The number of anilines is 2. The zero-order valence-electron chi connectivity index (χ0n) is 12.1. The van der Waals surface area contributed by atoms with Crippen LogP contribution in [0, 0.1) is 6.92 Å². The van der Waals surface area contributed by atoms with Crippen molar-refractivity contribution in [2.75, 3.05) is 30.5 Å². The smallest absolute Gasteiger partial charge is 0.224 e. The largest absolute Gasteiger partial charge is 0.369 e. The van der Waals surface area contributed by atoms with Crippen LogP contribution in [0.25, 0.3) is 0 Å². The van der Waals surface area contributed by atoms with Gasteiger partial charge in [-0.05, 0) is 26.0 Å². The molecule has 0 saturated heterocycles. The summed E-state index contributed by atoms with van der Waals surface area (Å²) >= 11 is 2.01. The fourth-order valence-corrected chi connectivity index (χ4v) is 3.59. The zero-order chi connectivity index (χ0) is 13.7. The first-order chi connectivity index (χ1) is 9.17. The van der Waals surface area contributed by atoms with E-state index in [1.807, 2.05) is 31.8 Å². The van der Waals surface area contributed by atoms with Gasteiger partial charge in [-0.2, -0.15) is 16.7 Å². The van der Waals surface area contributed by atoms with Crippen LogP contribution in [0.5, 0.6) is 0 Å². The topological polar surface area (TPSA) is 49.8 Å². The molecule has 1 aromatic rings. The van der Waals surface area contributed by atoms with E-state index in [0.29, 0.717) is 10.7 Å². The van der Waals surface area contributed by atoms with Crippen molar-refractivity contribution in [3.05, 3.63) is 11.8 Å². The Balaban J connectivity index is 2.02. The molecule has 0 atom stereocenters. The van der Waals surface area contributed by atoms with Crippen LogP contribution < -0.4 is 10.6 Å². The summed E-state index contributed by atoms with van der Waals surface area (Å²) in [5.74, 6) is 1.61. The van der Waals surface area contributed by atoms with Crippen LogP contribution in [0.1, 0.15) is 37.8 Å². The van der Waals surface area contributed by atoms with E-state index in [9.17, 15) is 0 Å². The molecule has 1 saturated carbocycles. The van der Waals surface area contributed by atoms with Crippen LogP contribution in [-0.2, 0) is 0 Å². The maximum atomic E-state index is 4.46. The third kappa shape index (κ3) is 3.75. The van der Waals surface area contributed by atoms with E-state index in [1.54, 1.807) is 0 Å². The van der Waals surface area contributed by atoms with Gasteiger partial charge in [0.25, 0.3) is 0 Å². The van der Waals surface area contributed by atoms with Crippen molar-refractivity contribution >= 4 is 23.5 Å². The van der Waals surface area contributed by atoms with E-state index >= 15 is 0 Å². The number of hydrogen-bond acceptors (Lipinski definition) is 5. The predicted octanol–water partition coefficient (Wildman–Crippen LogP) is 3.30. The summed E-state index contributed by atoms with van der Waals surface area (Å²) in [5, 5.41) is 6.51. The summed E-state index contributed by atoms with van der Waals surface area (Å²) in [4.78, 5) is 8.78. The summed E-state index contributed by atoms with van der Waals surface area (Å²) in [6.07, 6.45) is 8.95. The molecule has 1 aliphatic rings. The quantitative estimate of drug-likeness (QED) is 0.866. The molecule has 0 aromatic carbocycles. The lowest BCUT2D eigenvalue weighted by atomic mass is 9.88. The summed E-state index contributed by atoms with van der Waals surface area (Å²) in [6, 6.07) is 2.01. The standard InChI is InChI=1S/C14H24N4S/c1-11-9-12(18-13(15-2)17-11)16-10-14(19-3)7-5-4-6-8-14/h9H,4-8,10H2,1-3H3,(H2,15,16,17,18). The van der Waals surface area contributed by atoms with Gasteiger partial charge < -0.3 is 10.6 Å². The van der Waals surface area contributed by atoms with Crippen molar-refractivity contribution in [1.29, 1.82) is 0 Å². The van der Waals surface area contributed by atoms with E-state index in [1.165, 1.54) is 32.1 Å². The normalized spacial score (nSPS) is 18.1. The van der Waals surface area contributed by atoms with Crippen molar-refractivity contribution in [2.45, 2.75) is 43.8 Å². The molecule has 1 aliphatic carbocycles. The number of thioether (sulfide) groups is 1. The molecule has 0 unspecified atom stereocenters. The summed E-state index contributed by atoms with van der Waals surface area (Å²) in [6.45, 7) is 2.99. The molecular weight excluding hydrogens is 256 g/mol. The maximum Gasteiger partial charge on any atom is 0.224 e. The lowest BCUT2D eigenvalue weighted by Gasteiger charge is -2.36. The second-order valence-electron chi connectivity index (χ2n) is 5.27. The molecule has 2 N–H and O–H groups in total. The monoisotopic (exact) mass is 280 g/mol. The number of aryl methyl sites for hydroxylation is 1. The van der Waals surface area contributed by atoms with Gasteiger partial charge in [-0.15, -0.1) is 0 Å². The van der Waals surface area contributed by atoms with Crippen molar-refractivity contribution < 1.29 is 0 Å². The molecule has 0 spiro atoms. The molecule has 1 aromatic heterocycles. The van der Waals surface area contributed by atoms with Crippen LogP contribution in [0.3, 0.4) is 0 Å². The molecule has 5 heteroatoms. The van der Waals surface area contributed by atoms with Gasteiger partial charge in [0.2, 0.25) is 5.95 Å². The predicted molar refractivity (Wildman–Crippen MR) is 84.1 cm³/mol. The fourth-order valence-electron chi connectivity index (χ4n) is 2.67. The maximum absolute atomic E-state index is 4.46. The van der Waals surface area contributed by atoms with Gasteiger partial charge in [0, 0.05) is 30.1 Å². The average molecular weight is 280 g/mol. The van der Waals surface area contributed by atoms with Gasteiger partial charge in [-0.1, -0.05) is 19.3 Å². The molecule has 1 fully saturated rings. The minimum Gasteiger partial charge on any atom is -0.369 e. The molecule has 0 amide bonds. The van der Waals surface area contributed by atoms with Gasteiger partial charge in [-0.3, -0.25) is 0 Å². The van der Waals surface area contributed by atoms with Gasteiger partial charge in [-0.25, -0.2) is 4.98 Å². The van der Waals surface area contributed by atoms with Gasteiger partial charge in [0.15, 0.2) is 0 Å². The average Bonchev–Trinajstić information content (AvgIpc) is 2.45. The zero-order valence-corrected chi connectivity index (χ0v) is 12.9. The van der Waals surface area contributed by atoms with Crippen LogP contribution >= 0.6 is 11.8 Å². The first-order valence-electron chi connectivity index (χ1n) is 7.00. The molecule has 4 nitrogen and oxygen atoms in total. The van der Waals surface area contributed by atoms with E-state index < -0.39 is 0 Å². The third-order valence-electron chi connectivity index (χ3n) is 3.87. The molecule has 1 heterocycles. The minimum absolute atomic E-state index is 0.386. The van der Waals surface area contributed by atoms with Gasteiger partial charge >= 0.3 is 0 Å². The van der Waals surface area contributed by atoms with E-state index in [2.05, 4.69) is 26.9 Å². The molecule has 0 aliphatic heterocycles. The molecule has 0 bridgehead atoms. The van der Waals surface area contributed by atoms with Crippen molar-refractivity contribution in [1.82, 2.24) is 9.97 Å². The Labute approximate surface area is 120 Å². The fraction of sp³-hybridized carbons (Fsp3) is 0.714. The van der Waals surface area contributed by atoms with Crippen LogP contribution in [0.2, 0.25) is 0 Å². The van der Waals surface area contributed by atoms with Crippen molar-refractivity contribution in [3.63, 3.8) is 0 Å². The number of hydrogen-bond donors (Lipinski definition) is 2. The van der Waals surface area contributed by atoms with E-state index in [4.69, 9.17) is 0 Å². The van der Waals surface area contributed by atoms with E-state index in [0.717, 1.165) is 18.1 Å². The Morgan fingerprint density at radius 2 is 2.00 bits per heavy atom. The van der Waals surface area contributed by atoms with Crippen molar-refractivity contribution in [3.8, 4) is 0 Å². The van der Waals surface area contributed by atoms with Gasteiger partial charge in [0.1, 0.15) is 5.82 Å².